The summed E-state index contributed by atoms with van der Waals surface area (Å²) < 4.78 is 7.48. The lowest BCUT2D eigenvalue weighted by Crippen LogP contribution is -2.40. The smallest absolute Gasteiger partial charge is 0.332 e. The maximum atomic E-state index is 13.7. The predicted molar refractivity (Wildman–Crippen MR) is 144 cm³/mol. The van der Waals surface area contributed by atoms with Gasteiger partial charge in [0, 0.05) is 36.1 Å². The highest BCUT2D eigenvalue weighted by atomic mass is 32.2. The minimum absolute atomic E-state index is 0.151. The SMILES string of the molecule is CN/C=C\c1cncc(Cn2c(=O)n(Cc3cnc(C)s3)c(=O)c3cc(SNC4(C)CC4)sc32)c1. The molecule has 4 aromatic rings. The quantitative estimate of drug-likeness (QED) is 0.320. The van der Waals surface area contributed by atoms with E-state index in [0.29, 0.717) is 16.8 Å². The number of rotatable bonds is 9. The second-order valence-corrected chi connectivity index (χ2v) is 12.4. The molecule has 1 fully saturated rings. The summed E-state index contributed by atoms with van der Waals surface area (Å²) in [6, 6.07) is 3.90. The van der Waals surface area contributed by atoms with Crippen molar-refractivity contribution in [2.45, 2.75) is 49.5 Å². The van der Waals surface area contributed by atoms with Crippen molar-refractivity contribution < 1.29 is 0 Å². The van der Waals surface area contributed by atoms with E-state index in [0.717, 1.165) is 38.1 Å². The lowest BCUT2D eigenvalue weighted by atomic mass is 10.2. The Hall–Kier alpha value is -2.73. The van der Waals surface area contributed by atoms with Gasteiger partial charge in [0.05, 0.1) is 27.7 Å². The minimum Gasteiger partial charge on any atom is -0.394 e. The van der Waals surface area contributed by atoms with Gasteiger partial charge in [0.2, 0.25) is 0 Å². The number of thiophene rings is 1. The van der Waals surface area contributed by atoms with Crippen LogP contribution in [0.5, 0.6) is 0 Å². The van der Waals surface area contributed by atoms with Crippen molar-refractivity contribution in [1.29, 1.82) is 0 Å². The van der Waals surface area contributed by atoms with Gasteiger partial charge in [-0.2, -0.15) is 0 Å². The van der Waals surface area contributed by atoms with Crippen molar-refractivity contribution in [3.05, 3.63) is 78.8 Å². The molecule has 0 bridgehead atoms. The molecule has 1 aliphatic carbocycles. The molecule has 0 spiro atoms. The fraction of sp³-hybridized carbons (Fsp3) is 0.333. The van der Waals surface area contributed by atoms with Gasteiger partial charge in [-0.05, 0) is 74.2 Å². The number of thiazole rings is 1. The summed E-state index contributed by atoms with van der Waals surface area (Å²) in [5, 5.41) is 4.43. The van der Waals surface area contributed by atoms with E-state index in [2.05, 4.69) is 26.9 Å². The Labute approximate surface area is 214 Å². The van der Waals surface area contributed by atoms with Crippen LogP contribution in [0.2, 0.25) is 0 Å². The molecule has 5 rings (SSSR count). The van der Waals surface area contributed by atoms with Gasteiger partial charge in [-0.15, -0.1) is 22.7 Å². The number of nitrogens with one attached hydrogen (secondary N) is 2. The van der Waals surface area contributed by atoms with Crippen LogP contribution >= 0.6 is 34.6 Å². The number of fused-ring (bicyclic) bond motifs is 1. The average molecular weight is 527 g/mol. The summed E-state index contributed by atoms with van der Waals surface area (Å²) in [4.78, 5) is 37.3. The van der Waals surface area contributed by atoms with Gasteiger partial charge in [-0.25, -0.2) is 9.78 Å². The molecule has 0 atom stereocenters. The third-order valence-electron chi connectivity index (χ3n) is 5.85. The van der Waals surface area contributed by atoms with Crippen molar-refractivity contribution in [2.24, 2.45) is 0 Å². The summed E-state index contributed by atoms with van der Waals surface area (Å²) in [6.45, 7) is 4.63. The molecule has 1 aliphatic rings. The topological polar surface area (TPSA) is 93.8 Å². The number of hydrogen-bond acceptors (Lipinski definition) is 9. The summed E-state index contributed by atoms with van der Waals surface area (Å²) in [5.41, 5.74) is 1.37. The molecule has 4 heterocycles. The van der Waals surface area contributed by atoms with E-state index in [1.54, 1.807) is 23.2 Å². The Morgan fingerprint density at radius 3 is 2.69 bits per heavy atom. The largest absolute Gasteiger partial charge is 0.394 e. The van der Waals surface area contributed by atoms with Crippen LogP contribution in [-0.4, -0.2) is 31.7 Å². The van der Waals surface area contributed by atoms with Crippen LogP contribution in [0.1, 0.15) is 40.8 Å². The second-order valence-electron chi connectivity index (χ2n) is 8.90. The molecule has 0 saturated heterocycles. The van der Waals surface area contributed by atoms with E-state index in [9.17, 15) is 9.59 Å². The predicted octanol–water partition coefficient (Wildman–Crippen LogP) is 3.82. The molecule has 4 aromatic heterocycles. The molecule has 1 saturated carbocycles. The Morgan fingerprint density at radius 2 is 1.97 bits per heavy atom. The van der Waals surface area contributed by atoms with Gasteiger partial charge in [0.25, 0.3) is 5.56 Å². The fourth-order valence-corrected chi connectivity index (χ4v) is 6.57. The molecule has 0 unspecified atom stereocenters. The van der Waals surface area contributed by atoms with E-state index in [1.165, 1.54) is 39.2 Å². The van der Waals surface area contributed by atoms with Gasteiger partial charge in [-0.3, -0.25) is 23.6 Å². The van der Waals surface area contributed by atoms with Gasteiger partial charge >= 0.3 is 5.69 Å². The molecule has 0 aromatic carbocycles. The highest BCUT2D eigenvalue weighted by Gasteiger charge is 2.37. The minimum atomic E-state index is -0.328. The Kier molecular flexibility index (Phi) is 6.67. The molecule has 0 amide bonds. The Bertz CT molecular complexity index is 1530. The van der Waals surface area contributed by atoms with Crippen LogP contribution in [0.15, 0.2) is 50.7 Å². The average Bonchev–Trinajstić information content (AvgIpc) is 3.23. The van der Waals surface area contributed by atoms with Crippen LogP contribution in [0.4, 0.5) is 0 Å². The molecule has 0 aliphatic heterocycles. The number of pyridine rings is 1. The Balaban J connectivity index is 1.59. The zero-order chi connectivity index (χ0) is 24.6. The maximum absolute atomic E-state index is 13.7. The lowest BCUT2D eigenvalue weighted by molar-refractivity contribution is 0.641. The van der Waals surface area contributed by atoms with Crippen LogP contribution in [0.25, 0.3) is 16.3 Å². The lowest BCUT2D eigenvalue weighted by Gasteiger charge is -2.12. The van der Waals surface area contributed by atoms with Crippen LogP contribution < -0.4 is 21.3 Å². The van der Waals surface area contributed by atoms with E-state index in [-0.39, 0.29) is 23.3 Å². The van der Waals surface area contributed by atoms with Crippen LogP contribution in [0.3, 0.4) is 0 Å². The van der Waals surface area contributed by atoms with Gasteiger partial charge in [-0.1, -0.05) is 0 Å². The van der Waals surface area contributed by atoms with Crippen LogP contribution in [0, 0.1) is 6.92 Å². The normalized spacial score (nSPS) is 14.7. The standard InChI is InChI=1S/C24H26N6O2S3/c1-15-27-12-18(33-15)14-29-21(31)19-9-20(35-28-24(2)5-6-24)34-22(19)30(23(29)32)13-17-8-16(4-7-25-3)10-26-11-17/h4,7-12,25,28H,5-6,13-14H2,1-3H3/b7-4-. The number of aromatic nitrogens is 4. The second kappa shape index (κ2) is 9.73. The molecule has 0 radical (unpaired) electrons. The van der Waals surface area contributed by atoms with Gasteiger partial charge < -0.3 is 5.32 Å². The van der Waals surface area contributed by atoms with Crippen molar-refractivity contribution in [1.82, 2.24) is 29.1 Å². The van der Waals surface area contributed by atoms with Gasteiger partial charge in [0.15, 0.2) is 0 Å². The highest BCUT2D eigenvalue weighted by Crippen LogP contribution is 2.39. The van der Waals surface area contributed by atoms with E-state index in [1.807, 2.05) is 38.4 Å². The van der Waals surface area contributed by atoms with Crippen molar-refractivity contribution in [3.63, 3.8) is 0 Å². The van der Waals surface area contributed by atoms with Gasteiger partial charge in [0.1, 0.15) is 4.83 Å². The van der Waals surface area contributed by atoms with Crippen molar-refractivity contribution >= 4 is 50.9 Å². The third-order valence-corrected chi connectivity index (χ3v) is 9.12. The zero-order valence-electron chi connectivity index (χ0n) is 19.7. The first-order valence-electron chi connectivity index (χ1n) is 11.3. The first kappa shape index (κ1) is 24.0. The fourth-order valence-electron chi connectivity index (χ4n) is 3.65. The number of aryl methyl sites for hydroxylation is 1. The summed E-state index contributed by atoms with van der Waals surface area (Å²) in [6.07, 6.45) is 11.3. The number of nitrogens with zero attached hydrogens (tertiary/aromatic N) is 4. The molecular formula is C24H26N6O2S3. The summed E-state index contributed by atoms with van der Waals surface area (Å²) >= 11 is 4.51. The molecular weight excluding hydrogens is 501 g/mol. The monoisotopic (exact) mass is 526 g/mol. The van der Waals surface area contributed by atoms with E-state index in [4.69, 9.17) is 0 Å². The highest BCUT2D eigenvalue weighted by molar-refractivity contribution is 7.99. The molecule has 2 N–H and O–H groups in total. The first-order valence-corrected chi connectivity index (χ1v) is 13.7. The number of hydrogen-bond donors (Lipinski definition) is 2. The summed E-state index contributed by atoms with van der Waals surface area (Å²) in [5.74, 6) is 0. The Morgan fingerprint density at radius 1 is 1.14 bits per heavy atom. The van der Waals surface area contributed by atoms with Crippen molar-refractivity contribution in [2.75, 3.05) is 7.05 Å². The molecule has 182 valence electrons. The van der Waals surface area contributed by atoms with Crippen LogP contribution in [-0.2, 0) is 13.1 Å². The molecule has 8 nitrogen and oxygen atoms in total. The third kappa shape index (κ3) is 5.27. The van der Waals surface area contributed by atoms with E-state index < -0.39 is 0 Å². The molecule has 35 heavy (non-hydrogen) atoms. The van der Waals surface area contributed by atoms with E-state index >= 15 is 0 Å². The molecule has 11 heteroatoms. The maximum Gasteiger partial charge on any atom is 0.332 e. The zero-order valence-corrected chi connectivity index (χ0v) is 22.1. The summed E-state index contributed by atoms with van der Waals surface area (Å²) in [7, 11) is 1.84. The van der Waals surface area contributed by atoms with Crippen molar-refractivity contribution in [3.8, 4) is 0 Å². The first-order chi connectivity index (χ1) is 16.8.